The zero-order chi connectivity index (χ0) is 20.6. The van der Waals surface area contributed by atoms with E-state index in [1.54, 1.807) is 0 Å². The molecule has 1 atom stereocenters. The van der Waals surface area contributed by atoms with Crippen molar-refractivity contribution in [3.8, 4) is 0 Å². The molecule has 4 rings (SSSR count). The topological polar surface area (TPSA) is 39.8 Å². The maximum atomic E-state index is 5.72. The number of para-hydroxylation sites is 1. The van der Waals surface area contributed by atoms with Crippen LogP contribution < -0.4 is 10.6 Å². The van der Waals surface area contributed by atoms with Crippen molar-refractivity contribution in [1.29, 1.82) is 0 Å². The molecular formula is C25H31N3S. The summed E-state index contributed by atoms with van der Waals surface area (Å²) in [7, 11) is 2.03. The predicted molar refractivity (Wildman–Crippen MR) is 129 cm³/mol. The van der Waals surface area contributed by atoms with E-state index in [9.17, 15) is 0 Å². The first-order valence-electron chi connectivity index (χ1n) is 10.5. The lowest BCUT2D eigenvalue weighted by atomic mass is 9.88. The van der Waals surface area contributed by atoms with Crippen molar-refractivity contribution >= 4 is 39.5 Å². The number of aromatic amines is 1. The smallest absolute Gasteiger partial charge is 0.104 e. The van der Waals surface area contributed by atoms with Crippen LogP contribution in [0.3, 0.4) is 0 Å². The average molecular weight is 406 g/mol. The van der Waals surface area contributed by atoms with E-state index in [0.29, 0.717) is 6.04 Å². The van der Waals surface area contributed by atoms with Crippen molar-refractivity contribution in [2.75, 3.05) is 17.7 Å². The van der Waals surface area contributed by atoms with Gasteiger partial charge in [0.15, 0.2) is 0 Å². The van der Waals surface area contributed by atoms with Crippen LogP contribution in [0.4, 0.5) is 11.5 Å². The molecule has 0 saturated heterocycles. The summed E-state index contributed by atoms with van der Waals surface area (Å²) in [6.45, 7) is 6.75. The molecule has 0 saturated carbocycles. The summed E-state index contributed by atoms with van der Waals surface area (Å²) in [5, 5.41) is 8.44. The molecule has 1 heterocycles. The number of nitrogens with one attached hydrogen (secondary N) is 3. The molecule has 0 bridgehead atoms. The number of hydrogen-bond acceptors (Lipinski definition) is 3. The molecule has 0 spiro atoms. The molecule has 152 valence electrons. The fraction of sp³-hybridized carbons (Fsp3) is 0.400. The van der Waals surface area contributed by atoms with E-state index < -0.39 is 0 Å². The molecule has 1 aromatic heterocycles. The van der Waals surface area contributed by atoms with Crippen molar-refractivity contribution in [1.82, 2.24) is 4.98 Å². The molecule has 0 fully saturated rings. The Hall–Kier alpha value is -2.33. The van der Waals surface area contributed by atoms with E-state index in [2.05, 4.69) is 78.9 Å². The summed E-state index contributed by atoms with van der Waals surface area (Å²) in [5.41, 5.74) is 6.86. The number of anilines is 2. The largest absolute Gasteiger partial charge is 0.388 e. The third kappa shape index (κ3) is 4.32. The number of rotatable bonds is 6. The minimum Gasteiger partial charge on any atom is -0.388 e. The molecule has 3 aromatic rings. The van der Waals surface area contributed by atoms with Crippen LogP contribution >= 0.6 is 12.2 Å². The van der Waals surface area contributed by atoms with Gasteiger partial charge in [-0.2, -0.15) is 0 Å². The standard InChI is InChI=1S/C25H31N3S/c1-25(2,3)15-18(29)13-17-9-10-19-20(24(17)26-4)11-12-22(19)28-23-14-16-7-5-6-8-21(16)27-23/h5-10,14,22,26-28H,11-13,15H2,1-4H3. The van der Waals surface area contributed by atoms with Gasteiger partial charge in [-0.15, -0.1) is 0 Å². The molecule has 29 heavy (non-hydrogen) atoms. The van der Waals surface area contributed by atoms with Crippen LogP contribution in [0.15, 0.2) is 42.5 Å². The zero-order valence-corrected chi connectivity index (χ0v) is 18.7. The van der Waals surface area contributed by atoms with Gasteiger partial charge in [-0.3, -0.25) is 0 Å². The average Bonchev–Trinajstić information content (AvgIpc) is 3.24. The first-order chi connectivity index (χ1) is 13.8. The SMILES string of the molecule is CNc1c(CC(=S)CC(C)(C)C)ccc2c1CCC2Nc1cc2ccccc2[nH]1. The molecule has 0 radical (unpaired) electrons. The van der Waals surface area contributed by atoms with Crippen LogP contribution in [0.2, 0.25) is 0 Å². The summed E-state index contributed by atoms with van der Waals surface area (Å²) in [5.74, 6) is 1.09. The van der Waals surface area contributed by atoms with Crippen molar-refractivity contribution in [3.63, 3.8) is 0 Å². The molecule has 0 aliphatic heterocycles. The lowest BCUT2D eigenvalue weighted by molar-refractivity contribution is 0.434. The molecule has 1 unspecified atom stereocenters. The highest BCUT2D eigenvalue weighted by molar-refractivity contribution is 7.80. The molecule has 1 aliphatic carbocycles. The van der Waals surface area contributed by atoms with E-state index in [1.807, 2.05) is 7.05 Å². The number of thiocarbonyl (C=S) groups is 1. The van der Waals surface area contributed by atoms with E-state index in [4.69, 9.17) is 12.2 Å². The first kappa shape index (κ1) is 20.0. The lowest BCUT2D eigenvalue weighted by Crippen LogP contribution is -2.14. The fourth-order valence-electron chi connectivity index (χ4n) is 4.57. The maximum absolute atomic E-state index is 5.72. The molecule has 3 N–H and O–H groups in total. The Morgan fingerprint density at radius 1 is 1.17 bits per heavy atom. The molecule has 4 heteroatoms. The van der Waals surface area contributed by atoms with Gasteiger partial charge in [0.2, 0.25) is 0 Å². The quantitative estimate of drug-likeness (QED) is 0.402. The second-order valence-corrected chi connectivity index (χ2v) is 9.95. The third-order valence-electron chi connectivity index (χ3n) is 5.72. The highest BCUT2D eigenvalue weighted by Crippen LogP contribution is 2.40. The van der Waals surface area contributed by atoms with Gasteiger partial charge in [0.05, 0.1) is 6.04 Å². The summed E-state index contributed by atoms with van der Waals surface area (Å²) in [6, 6.07) is 15.5. The normalized spacial score (nSPS) is 16.1. The van der Waals surface area contributed by atoms with Gasteiger partial charge in [-0.05, 0) is 58.4 Å². The zero-order valence-electron chi connectivity index (χ0n) is 17.9. The molecule has 1 aliphatic rings. The van der Waals surface area contributed by atoms with Crippen LogP contribution in [0.25, 0.3) is 10.9 Å². The van der Waals surface area contributed by atoms with Crippen molar-refractivity contribution in [2.45, 2.75) is 52.5 Å². The number of hydrogen-bond donors (Lipinski definition) is 3. The van der Waals surface area contributed by atoms with Gasteiger partial charge in [0.1, 0.15) is 5.82 Å². The minimum absolute atomic E-state index is 0.238. The van der Waals surface area contributed by atoms with E-state index in [0.717, 1.165) is 36.4 Å². The van der Waals surface area contributed by atoms with Crippen molar-refractivity contribution in [3.05, 3.63) is 59.2 Å². The maximum Gasteiger partial charge on any atom is 0.104 e. The summed E-state index contributed by atoms with van der Waals surface area (Å²) < 4.78 is 0. The van der Waals surface area contributed by atoms with Crippen LogP contribution in [-0.2, 0) is 12.8 Å². The number of benzene rings is 2. The molecule has 3 nitrogen and oxygen atoms in total. The highest BCUT2D eigenvalue weighted by Gasteiger charge is 2.26. The Morgan fingerprint density at radius 3 is 2.69 bits per heavy atom. The monoisotopic (exact) mass is 405 g/mol. The second kappa shape index (κ2) is 7.83. The summed E-state index contributed by atoms with van der Waals surface area (Å²) >= 11 is 5.72. The molecular weight excluding hydrogens is 374 g/mol. The fourth-order valence-corrected chi connectivity index (χ4v) is 5.15. The number of fused-ring (bicyclic) bond motifs is 2. The van der Waals surface area contributed by atoms with Gasteiger partial charge < -0.3 is 15.6 Å². The lowest BCUT2D eigenvalue weighted by Gasteiger charge is -2.21. The number of aromatic nitrogens is 1. The first-order valence-corrected chi connectivity index (χ1v) is 10.9. The van der Waals surface area contributed by atoms with Crippen LogP contribution in [0.5, 0.6) is 0 Å². The van der Waals surface area contributed by atoms with Crippen LogP contribution in [-0.4, -0.2) is 16.9 Å². The summed E-state index contributed by atoms with van der Waals surface area (Å²) in [4.78, 5) is 4.64. The Balaban J connectivity index is 1.56. The van der Waals surface area contributed by atoms with Crippen molar-refractivity contribution in [2.24, 2.45) is 5.41 Å². The molecule has 0 amide bonds. The van der Waals surface area contributed by atoms with Gasteiger partial charge in [0.25, 0.3) is 0 Å². The van der Waals surface area contributed by atoms with Crippen LogP contribution in [0.1, 0.15) is 56.3 Å². The van der Waals surface area contributed by atoms with Gasteiger partial charge in [-0.25, -0.2) is 0 Å². The Bertz CT molecular complexity index is 1010. The van der Waals surface area contributed by atoms with E-state index in [1.165, 1.54) is 33.3 Å². The summed E-state index contributed by atoms with van der Waals surface area (Å²) in [6.07, 6.45) is 4.04. The van der Waals surface area contributed by atoms with Gasteiger partial charge >= 0.3 is 0 Å². The Kier molecular flexibility index (Phi) is 5.39. The van der Waals surface area contributed by atoms with Crippen molar-refractivity contribution < 1.29 is 0 Å². The van der Waals surface area contributed by atoms with Gasteiger partial charge in [0, 0.05) is 30.1 Å². The highest BCUT2D eigenvalue weighted by atomic mass is 32.1. The second-order valence-electron chi connectivity index (χ2n) is 9.38. The third-order valence-corrected chi connectivity index (χ3v) is 6.01. The molecule has 2 aromatic carbocycles. The van der Waals surface area contributed by atoms with Gasteiger partial charge in [-0.1, -0.05) is 63.3 Å². The Morgan fingerprint density at radius 2 is 1.97 bits per heavy atom. The Labute approximate surface area is 179 Å². The van der Waals surface area contributed by atoms with Crippen LogP contribution in [0, 0.1) is 5.41 Å². The van der Waals surface area contributed by atoms with E-state index in [-0.39, 0.29) is 5.41 Å². The predicted octanol–water partition coefficient (Wildman–Crippen LogP) is 6.66. The minimum atomic E-state index is 0.238. The van der Waals surface area contributed by atoms with E-state index >= 15 is 0 Å². The number of H-pyrrole nitrogens is 1.